The zero-order valence-electron chi connectivity index (χ0n) is 10.1. The summed E-state index contributed by atoms with van der Waals surface area (Å²) >= 11 is 0. The number of benzene rings is 1. The molecule has 0 saturated heterocycles. The molecule has 0 spiro atoms. The number of hydrogen-bond acceptors (Lipinski definition) is 3. The lowest BCUT2D eigenvalue weighted by Gasteiger charge is -2.13. The molecule has 1 atom stereocenters. The summed E-state index contributed by atoms with van der Waals surface area (Å²) in [6, 6.07) is 11.6. The van der Waals surface area contributed by atoms with Crippen LogP contribution in [-0.4, -0.2) is 4.98 Å². The van der Waals surface area contributed by atoms with Gasteiger partial charge in [0.15, 0.2) is 0 Å². The number of rotatable bonds is 3. The number of nitrogens with two attached hydrogens (primary N) is 1. The van der Waals surface area contributed by atoms with Crippen LogP contribution in [-0.2, 0) is 0 Å². The third-order valence-corrected chi connectivity index (χ3v) is 2.58. The average Bonchev–Trinajstić information content (AvgIpc) is 2.32. The highest BCUT2D eigenvalue weighted by Crippen LogP contribution is 2.28. The van der Waals surface area contributed by atoms with Crippen LogP contribution in [0.15, 0.2) is 42.6 Å². The van der Waals surface area contributed by atoms with Crippen LogP contribution in [0.5, 0.6) is 11.6 Å². The zero-order valence-corrected chi connectivity index (χ0v) is 10.1. The van der Waals surface area contributed by atoms with E-state index in [0.29, 0.717) is 5.88 Å². The van der Waals surface area contributed by atoms with Crippen LogP contribution in [0.1, 0.15) is 24.1 Å². The molecule has 1 heterocycles. The van der Waals surface area contributed by atoms with Crippen LogP contribution in [0.2, 0.25) is 0 Å². The maximum atomic E-state index is 5.91. The molecule has 0 aliphatic heterocycles. The van der Waals surface area contributed by atoms with Crippen molar-refractivity contribution in [1.82, 2.24) is 4.98 Å². The molecule has 2 rings (SSSR count). The fourth-order valence-electron chi connectivity index (χ4n) is 1.63. The van der Waals surface area contributed by atoms with E-state index in [0.717, 1.165) is 16.9 Å². The maximum absolute atomic E-state index is 5.91. The van der Waals surface area contributed by atoms with E-state index in [1.54, 1.807) is 6.20 Å². The van der Waals surface area contributed by atoms with Gasteiger partial charge in [-0.3, -0.25) is 0 Å². The highest BCUT2D eigenvalue weighted by molar-refractivity contribution is 5.39. The molecule has 0 aliphatic rings. The van der Waals surface area contributed by atoms with Crippen molar-refractivity contribution in [2.45, 2.75) is 19.9 Å². The highest BCUT2D eigenvalue weighted by atomic mass is 16.5. The molecular weight excluding hydrogens is 212 g/mol. The Kier molecular flexibility index (Phi) is 3.40. The lowest BCUT2D eigenvalue weighted by Crippen LogP contribution is -2.06. The van der Waals surface area contributed by atoms with Crippen LogP contribution in [0.4, 0.5) is 0 Å². The van der Waals surface area contributed by atoms with Crippen LogP contribution >= 0.6 is 0 Å². The van der Waals surface area contributed by atoms with Gasteiger partial charge in [0.05, 0.1) is 0 Å². The molecule has 3 nitrogen and oxygen atoms in total. The van der Waals surface area contributed by atoms with E-state index in [1.807, 2.05) is 50.2 Å². The quantitative estimate of drug-likeness (QED) is 0.877. The minimum atomic E-state index is -0.0600. The number of aryl methyl sites for hydroxylation is 1. The van der Waals surface area contributed by atoms with E-state index in [4.69, 9.17) is 10.5 Å². The Bertz CT molecular complexity index is 509. The number of para-hydroxylation sites is 1. The first-order valence-electron chi connectivity index (χ1n) is 5.62. The van der Waals surface area contributed by atoms with Crippen molar-refractivity contribution < 1.29 is 4.74 Å². The van der Waals surface area contributed by atoms with Crippen molar-refractivity contribution >= 4 is 0 Å². The first kappa shape index (κ1) is 11.6. The Morgan fingerprint density at radius 1 is 1.18 bits per heavy atom. The number of ether oxygens (including phenoxy) is 1. The highest BCUT2D eigenvalue weighted by Gasteiger charge is 2.09. The van der Waals surface area contributed by atoms with Gasteiger partial charge in [-0.1, -0.05) is 24.3 Å². The van der Waals surface area contributed by atoms with Crippen molar-refractivity contribution in [3.8, 4) is 11.6 Å². The van der Waals surface area contributed by atoms with E-state index in [1.165, 1.54) is 0 Å². The van der Waals surface area contributed by atoms with Gasteiger partial charge in [-0.05, 0) is 26.0 Å². The molecule has 17 heavy (non-hydrogen) atoms. The topological polar surface area (TPSA) is 48.1 Å². The van der Waals surface area contributed by atoms with Gasteiger partial charge in [0.2, 0.25) is 5.88 Å². The van der Waals surface area contributed by atoms with Crippen molar-refractivity contribution in [3.05, 3.63) is 53.7 Å². The smallest absolute Gasteiger partial charge is 0.222 e. The number of pyridine rings is 1. The van der Waals surface area contributed by atoms with Crippen LogP contribution in [0.25, 0.3) is 0 Å². The standard InChI is InChI=1S/C14H16N2O/c1-10-6-5-9-16-14(10)17-13-8-4-3-7-12(13)11(2)15/h3-9,11H,15H2,1-2H3. The number of nitrogens with zero attached hydrogens (tertiary/aromatic N) is 1. The molecule has 0 amide bonds. The van der Waals surface area contributed by atoms with Gasteiger partial charge in [-0.2, -0.15) is 0 Å². The predicted molar refractivity (Wildman–Crippen MR) is 68.1 cm³/mol. The summed E-state index contributed by atoms with van der Waals surface area (Å²) in [5.74, 6) is 1.39. The molecule has 1 aromatic heterocycles. The summed E-state index contributed by atoms with van der Waals surface area (Å²) in [6.45, 7) is 3.91. The monoisotopic (exact) mass is 228 g/mol. The van der Waals surface area contributed by atoms with Gasteiger partial charge in [-0.15, -0.1) is 0 Å². The van der Waals surface area contributed by atoms with E-state index >= 15 is 0 Å². The van der Waals surface area contributed by atoms with Crippen LogP contribution < -0.4 is 10.5 Å². The second kappa shape index (κ2) is 4.97. The molecule has 3 heteroatoms. The summed E-state index contributed by atoms with van der Waals surface area (Å²) in [5, 5.41) is 0. The predicted octanol–water partition coefficient (Wildman–Crippen LogP) is 3.20. The molecule has 0 radical (unpaired) electrons. The van der Waals surface area contributed by atoms with Gasteiger partial charge < -0.3 is 10.5 Å². The van der Waals surface area contributed by atoms with Gasteiger partial charge >= 0.3 is 0 Å². The van der Waals surface area contributed by atoms with Crippen LogP contribution in [0.3, 0.4) is 0 Å². The second-order valence-corrected chi connectivity index (χ2v) is 4.05. The van der Waals surface area contributed by atoms with E-state index in [2.05, 4.69) is 4.98 Å². The molecule has 0 aliphatic carbocycles. The Labute approximate surface area is 101 Å². The summed E-state index contributed by atoms with van der Waals surface area (Å²) in [6.07, 6.45) is 1.72. The van der Waals surface area contributed by atoms with Gasteiger partial charge in [-0.25, -0.2) is 4.98 Å². The summed E-state index contributed by atoms with van der Waals surface area (Å²) in [7, 11) is 0. The number of aromatic nitrogens is 1. The average molecular weight is 228 g/mol. The summed E-state index contributed by atoms with van der Waals surface area (Å²) in [4.78, 5) is 4.21. The molecular formula is C14H16N2O. The molecule has 1 aromatic carbocycles. The Hall–Kier alpha value is -1.87. The largest absolute Gasteiger partial charge is 0.438 e. The van der Waals surface area contributed by atoms with Crippen molar-refractivity contribution in [2.75, 3.05) is 0 Å². The number of hydrogen-bond donors (Lipinski definition) is 1. The molecule has 2 aromatic rings. The molecule has 88 valence electrons. The summed E-state index contributed by atoms with van der Waals surface area (Å²) in [5.41, 5.74) is 7.90. The normalized spacial score (nSPS) is 12.2. The second-order valence-electron chi connectivity index (χ2n) is 4.05. The fraction of sp³-hybridized carbons (Fsp3) is 0.214. The third-order valence-electron chi connectivity index (χ3n) is 2.58. The fourth-order valence-corrected chi connectivity index (χ4v) is 1.63. The Morgan fingerprint density at radius 3 is 2.65 bits per heavy atom. The van der Waals surface area contributed by atoms with Crippen molar-refractivity contribution in [1.29, 1.82) is 0 Å². The van der Waals surface area contributed by atoms with Gasteiger partial charge in [0.1, 0.15) is 5.75 Å². The van der Waals surface area contributed by atoms with Crippen molar-refractivity contribution in [2.24, 2.45) is 5.73 Å². The SMILES string of the molecule is Cc1cccnc1Oc1ccccc1C(C)N. The molecule has 0 fully saturated rings. The minimum absolute atomic E-state index is 0.0600. The third kappa shape index (κ3) is 2.63. The van der Waals surface area contributed by atoms with Gasteiger partial charge in [0, 0.05) is 23.4 Å². The van der Waals surface area contributed by atoms with E-state index < -0.39 is 0 Å². The lowest BCUT2D eigenvalue weighted by atomic mass is 10.1. The zero-order chi connectivity index (χ0) is 12.3. The van der Waals surface area contributed by atoms with Crippen molar-refractivity contribution in [3.63, 3.8) is 0 Å². The van der Waals surface area contributed by atoms with E-state index in [9.17, 15) is 0 Å². The van der Waals surface area contributed by atoms with Crippen LogP contribution in [0, 0.1) is 6.92 Å². The molecule has 0 bridgehead atoms. The molecule has 2 N–H and O–H groups in total. The first-order valence-corrected chi connectivity index (χ1v) is 5.62. The first-order chi connectivity index (χ1) is 8.18. The maximum Gasteiger partial charge on any atom is 0.222 e. The summed E-state index contributed by atoms with van der Waals surface area (Å²) < 4.78 is 5.81. The molecule has 0 saturated carbocycles. The lowest BCUT2D eigenvalue weighted by molar-refractivity contribution is 0.450. The van der Waals surface area contributed by atoms with E-state index in [-0.39, 0.29) is 6.04 Å². The Balaban J connectivity index is 2.34. The van der Waals surface area contributed by atoms with Gasteiger partial charge in [0.25, 0.3) is 0 Å². The molecule has 1 unspecified atom stereocenters. The minimum Gasteiger partial charge on any atom is -0.438 e. The Morgan fingerprint density at radius 2 is 1.94 bits per heavy atom.